The van der Waals surface area contributed by atoms with E-state index in [1.165, 1.54) is 11.3 Å². The lowest BCUT2D eigenvalue weighted by atomic mass is 10.1. The van der Waals surface area contributed by atoms with Crippen LogP contribution in [0.15, 0.2) is 11.4 Å². The molecule has 1 atom stereocenters. The van der Waals surface area contributed by atoms with Crippen molar-refractivity contribution in [2.75, 3.05) is 0 Å². The first-order chi connectivity index (χ1) is 8.52. The molecular weight excluding hydrogens is 291 g/mol. The fourth-order valence-corrected chi connectivity index (χ4v) is 3.27. The van der Waals surface area contributed by atoms with Gasteiger partial charge in [-0.05, 0) is 12.5 Å². The van der Waals surface area contributed by atoms with Gasteiger partial charge < -0.3 is 5.11 Å². The summed E-state index contributed by atoms with van der Waals surface area (Å²) in [5.41, 5.74) is 1.72. The van der Waals surface area contributed by atoms with E-state index in [1.807, 2.05) is 19.4 Å². The lowest BCUT2D eigenvalue weighted by molar-refractivity contribution is 0.179. The predicted octanol–water partition coefficient (Wildman–Crippen LogP) is 3.63. The third-order valence-corrected chi connectivity index (χ3v) is 4.62. The van der Waals surface area contributed by atoms with Gasteiger partial charge in [-0.25, -0.2) is 0 Å². The van der Waals surface area contributed by atoms with Crippen molar-refractivity contribution in [3.63, 3.8) is 0 Å². The lowest BCUT2D eigenvalue weighted by Gasteiger charge is -2.09. The van der Waals surface area contributed by atoms with Crippen LogP contribution >= 0.6 is 34.5 Å². The number of aromatic nitrogens is 2. The maximum absolute atomic E-state index is 10.2. The van der Waals surface area contributed by atoms with Crippen molar-refractivity contribution >= 4 is 34.5 Å². The topological polar surface area (TPSA) is 38.0 Å². The summed E-state index contributed by atoms with van der Waals surface area (Å²) in [4.78, 5) is 0.843. The molecule has 0 amide bonds. The molecule has 0 bridgehead atoms. The molecule has 98 valence electrons. The molecule has 0 aromatic carbocycles. The van der Waals surface area contributed by atoms with Crippen LogP contribution < -0.4 is 0 Å². The number of halogens is 2. The van der Waals surface area contributed by atoms with E-state index in [1.54, 1.807) is 10.7 Å². The lowest BCUT2D eigenvalue weighted by Crippen LogP contribution is -2.05. The zero-order chi connectivity index (χ0) is 13.3. The van der Waals surface area contributed by atoms with E-state index in [2.05, 4.69) is 5.10 Å². The molecule has 2 heterocycles. The number of hydrogen-bond donors (Lipinski definition) is 1. The summed E-state index contributed by atoms with van der Waals surface area (Å²) in [5.74, 6) is 0. The second-order valence-corrected chi connectivity index (χ2v) is 5.83. The number of rotatable bonds is 4. The summed E-state index contributed by atoms with van der Waals surface area (Å²) in [7, 11) is 1.84. The highest BCUT2D eigenvalue weighted by molar-refractivity contribution is 7.10. The van der Waals surface area contributed by atoms with Gasteiger partial charge in [-0.3, -0.25) is 4.68 Å². The van der Waals surface area contributed by atoms with E-state index < -0.39 is 6.10 Å². The quantitative estimate of drug-likeness (QED) is 0.936. The van der Waals surface area contributed by atoms with E-state index in [0.29, 0.717) is 16.5 Å². The van der Waals surface area contributed by atoms with Crippen molar-refractivity contribution in [2.45, 2.75) is 25.9 Å². The zero-order valence-corrected chi connectivity index (χ0v) is 12.5. The highest BCUT2D eigenvalue weighted by atomic mass is 35.5. The molecule has 0 saturated carbocycles. The third-order valence-electron chi connectivity index (χ3n) is 2.81. The maximum Gasteiger partial charge on any atom is 0.0938 e. The molecule has 1 unspecified atom stereocenters. The van der Waals surface area contributed by atoms with Crippen LogP contribution in [0.4, 0.5) is 0 Å². The summed E-state index contributed by atoms with van der Waals surface area (Å²) in [5, 5.41) is 17.6. The van der Waals surface area contributed by atoms with Gasteiger partial charge in [0.2, 0.25) is 0 Å². The van der Waals surface area contributed by atoms with Crippen molar-refractivity contribution in [1.29, 1.82) is 0 Å². The molecule has 18 heavy (non-hydrogen) atoms. The average Bonchev–Trinajstić information content (AvgIpc) is 2.87. The minimum Gasteiger partial charge on any atom is -0.387 e. The van der Waals surface area contributed by atoms with Crippen molar-refractivity contribution in [3.8, 4) is 0 Å². The first-order valence-corrected chi connectivity index (χ1v) is 7.28. The van der Waals surface area contributed by atoms with Crippen molar-refractivity contribution < 1.29 is 5.11 Å². The van der Waals surface area contributed by atoms with Crippen molar-refractivity contribution in [3.05, 3.63) is 37.8 Å². The van der Waals surface area contributed by atoms with Gasteiger partial charge in [0.15, 0.2) is 0 Å². The molecule has 0 aliphatic heterocycles. The molecule has 0 saturated heterocycles. The standard InChI is InChI=1S/C12H14Cl2N2OS/c1-3-8-12(14)9(16(2)15-8)5-10(17)11-4-7(13)6-18-11/h4,6,10,17H,3,5H2,1-2H3. The van der Waals surface area contributed by atoms with Gasteiger partial charge in [0.25, 0.3) is 0 Å². The Morgan fingerprint density at radius 1 is 1.50 bits per heavy atom. The maximum atomic E-state index is 10.2. The molecule has 0 spiro atoms. The SMILES string of the molecule is CCc1nn(C)c(CC(O)c2cc(Cl)cs2)c1Cl. The monoisotopic (exact) mass is 304 g/mol. The van der Waals surface area contributed by atoms with Gasteiger partial charge in [0, 0.05) is 23.7 Å². The van der Waals surface area contributed by atoms with Gasteiger partial charge in [-0.2, -0.15) is 5.10 Å². The van der Waals surface area contributed by atoms with Crippen LogP contribution in [0.25, 0.3) is 0 Å². The number of nitrogens with zero attached hydrogens (tertiary/aromatic N) is 2. The van der Waals surface area contributed by atoms with Crippen LogP contribution in [0.2, 0.25) is 10.0 Å². The molecule has 6 heteroatoms. The average molecular weight is 305 g/mol. The molecule has 0 aliphatic carbocycles. The minimum absolute atomic E-state index is 0.444. The fourth-order valence-electron chi connectivity index (χ4n) is 1.83. The Kier molecular flexibility index (Phi) is 4.33. The molecule has 3 nitrogen and oxygen atoms in total. The Labute approximate surface area is 120 Å². The second-order valence-electron chi connectivity index (χ2n) is 4.07. The van der Waals surface area contributed by atoms with E-state index in [9.17, 15) is 5.11 Å². The Morgan fingerprint density at radius 3 is 2.72 bits per heavy atom. The smallest absolute Gasteiger partial charge is 0.0938 e. The largest absolute Gasteiger partial charge is 0.387 e. The molecule has 0 fully saturated rings. The Hall–Kier alpha value is -0.550. The minimum atomic E-state index is -0.597. The molecule has 2 aromatic heterocycles. The number of aliphatic hydroxyl groups excluding tert-OH is 1. The van der Waals surface area contributed by atoms with Crippen molar-refractivity contribution in [2.24, 2.45) is 7.05 Å². The Balaban J connectivity index is 2.21. The van der Waals surface area contributed by atoms with Crippen LogP contribution in [-0.4, -0.2) is 14.9 Å². The number of thiophene rings is 1. The first-order valence-electron chi connectivity index (χ1n) is 5.65. The van der Waals surface area contributed by atoms with Gasteiger partial charge in [0.1, 0.15) is 0 Å². The molecular formula is C12H14Cl2N2OS. The van der Waals surface area contributed by atoms with Crippen molar-refractivity contribution in [1.82, 2.24) is 9.78 Å². The summed E-state index contributed by atoms with van der Waals surface area (Å²) < 4.78 is 1.74. The summed E-state index contributed by atoms with van der Waals surface area (Å²) in [6.45, 7) is 2.01. The molecule has 0 radical (unpaired) electrons. The van der Waals surface area contributed by atoms with Gasteiger partial charge in [0.05, 0.1) is 27.5 Å². The van der Waals surface area contributed by atoms with Gasteiger partial charge >= 0.3 is 0 Å². The first kappa shape index (κ1) is 13.9. The van der Waals surface area contributed by atoms with E-state index in [-0.39, 0.29) is 0 Å². The van der Waals surface area contributed by atoms with Crippen LogP contribution in [0.5, 0.6) is 0 Å². The summed E-state index contributed by atoms with van der Waals surface area (Å²) in [6, 6.07) is 1.78. The van der Waals surface area contributed by atoms with E-state index >= 15 is 0 Å². The van der Waals surface area contributed by atoms with Gasteiger partial charge in [-0.1, -0.05) is 30.1 Å². The normalized spacial score (nSPS) is 12.9. The van der Waals surface area contributed by atoms with Crippen LogP contribution in [0.3, 0.4) is 0 Å². The Bertz CT molecular complexity index is 550. The highest BCUT2D eigenvalue weighted by Gasteiger charge is 2.18. The van der Waals surface area contributed by atoms with Gasteiger partial charge in [-0.15, -0.1) is 11.3 Å². The highest BCUT2D eigenvalue weighted by Crippen LogP contribution is 2.30. The van der Waals surface area contributed by atoms with Crippen LogP contribution in [0.1, 0.15) is 29.3 Å². The number of hydrogen-bond acceptors (Lipinski definition) is 3. The predicted molar refractivity (Wildman–Crippen MR) is 75.6 cm³/mol. The summed E-state index contributed by atoms with van der Waals surface area (Å²) >= 11 is 13.5. The second kappa shape index (κ2) is 5.61. The number of aliphatic hydroxyl groups is 1. The molecule has 2 rings (SSSR count). The van der Waals surface area contributed by atoms with E-state index in [4.69, 9.17) is 23.2 Å². The molecule has 1 N–H and O–H groups in total. The third kappa shape index (κ3) is 2.72. The van der Waals surface area contributed by atoms with Crippen LogP contribution in [0, 0.1) is 0 Å². The number of aryl methyl sites for hydroxylation is 2. The fraction of sp³-hybridized carbons (Fsp3) is 0.417. The zero-order valence-electron chi connectivity index (χ0n) is 10.2. The van der Waals surface area contributed by atoms with Crippen LogP contribution in [-0.2, 0) is 19.9 Å². The Morgan fingerprint density at radius 2 is 2.22 bits per heavy atom. The molecule has 2 aromatic rings. The van der Waals surface area contributed by atoms with E-state index in [0.717, 1.165) is 22.7 Å². The molecule has 0 aliphatic rings. The summed E-state index contributed by atoms with van der Waals surface area (Å²) in [6.07, 6.45) is 0.632.